The van der Waals surface area contributed by atoms with Gasteiger partial charge in [0, 0.05) is 16.3 Å². The van der Waals surface area contributed by atoms with Crippen molar-refractivity contribution >= 4 is 23.4 Å². The monoisotopic (exact) mass is 349 g/mol. The van der Waals surface area contributed by atoms with Crippen LogP contribution in [0.1, 0.15) is 5.56 Å². The van der Waals surface area contributed by atoms with Gasteiger partial charge in [-0.25, -0.2) is 4.39 Å². The lowest BCUT2D eigenvalue weighted by Crippen LogP contribution is -1.99. The number of hydrogen-bond donors (Lipinski definition) is 0. The zero-order valence-electron chi connectivity index (χ0n) is 12.2. The number of ether oxygens (including phenoxy) is 1. The van der Waals surface area contributed by atoms with Gasteiger partial charge in [0.15, 0.2) is 5.16 Å². The Balaban J connectivity index is 1.87. The van der Waals surface area contributed by atoms with Gasteiger partial charge >= 0.3 is 0 Å². The molecule has 0 fully saturated rings. The number of rotatable bonds is 5. The summed E-state index contributed by atoms with van der Waals surface area (Å²) in [6.07, 6.45) is 1.60. The largest absolute Gasteiger partial charge is 0.495 e. The molecule has 3 aromatic rings. The maximum absolute atomic E-state index is 13.9. The summed E-state index contributed by atoms with van der Waals surface area (Å²) < 4.78 is 21.0. The standard InChI is InChI=1S/C16H13ClFN3OS/c1-22-15-8-3-2-7-14(15)21-10-19-20-16(21)23-9-11-12(17)5-4-6-13(11)18/h2-8,10H,9H2,1H3. The third-order valence-corrected chi connectivity index (χ3v) is 4.59. The molecule has 118 valence electrons. The van der Waals surface area contributed by atoms with Crippen LogP contribution in [-0.4, -0.2) is 21.9 Å². The summed E-state index contributed by atoms with van der Waals surface area (Å²) in [6.45, 7) is 0. The molecule has 0 spiro atoms. The van der Waals surface area contributed by atoms with E-state index in [-0.39, 0.29) is 5.82 Å². The highest BCUT2D eigenvalue weighted by atomic mass is 35.5. The maximum Gasteiger partial charge on any atom is 0.196 e. The molecule has 0 aliphatic carbocycles. The predicted molar refractivity (Wildman–Crippen MR) is 88.9 cm³/mol. The van der Waals surface area contributed by atoms with Gasteiger partial charge in [0.05, 0.1) is 12.8 Å². The van der Waals surface area contributed by atoms with Crippen molar-refractivity contribution in [2.75, 3.05) is 7.11 Å². The lowest BCUT2D eigenvalue weighted by Gasteiger charge is -2.11. The van der Waals surface area contributed by atoms with Crippen LogP contribution in [0.2, 0.25) is 5.02 Å². The van der Waals surface area contributed by atoms with E-state index >= 15 is 0 Å². The fraction of sp³-hybridized carbons (Fsp3) is 0.125. The van der Waals surface area contributed by atoms with Gasteiger partial charge in [0.1, 0.15) is 17.9 Å². The molecule has 4 nitrogen and oxygen atoms in total. The first kappa shape index (κ1) is 15.8. The van der Waals surface area contributed by atoms with Crippen LogP contribution in [0, 0.1) is 5.82 Å². The second-order valence-electron chi connectivity index (χ2n) is 4.64. The van der Waals surface area contributed by atoms with Crippen molar-refractivity contribution in [1.29, 1.82) is 0 Å². The third kappa shape index (κ3) is 3.33. The molecule has 7 heteroatoms. The van der Waals surface area contributed by atoms with Gasteiger partial charge in [0.2, 0.25) is 0 Å². The van der Waals surface area contributed by atoms with Crippen molar-refractivity contribution in [2.45, 2.75) is 10.9 Å². The second kappa shape index (κ2) is 7.02. The van der Waals surface area contributed by atoms with Crippen molar-refractivity contribution in [1.82, 2.24) is 14.8 Å². The molecular weight excluding hydrogens is 337 g/mol. The van der Waals surface area contributed by atoms with Crippen LogP contribution in [0.15, 0.2) is 53.9 Å². The molecule has 0 N–H and O–H groups in total. The molecule has 1 aromatic heterocycles. The molecule has 0 aliphatic rings. The average Bonchev–Trinajstić information content (AvgIpc) is 3.02. The highest BCUT2D eigenvalue weighted by Gasteiger charge is 2.13. The van der Waals surface area contributed by atoms with Crippen LogP contribution in [0.4, 0.5) is 4.39 Å². The molecule has 1 heterocycles. The first-order valence-corrected chi connectivity index (χ1v) is 8.16. The Labute approximate surface area is 142 Å². The summed E-state index contributed by atoms with van der Waals surface area (Å²) >= 11 is 7.42. The van der Waals surface area contributed by atoms with Gasteiger partial charge in [-0.05, 0) is 24.3 Å². The van der Waals surface area contributed by atoms with Gasteiger partial charge < -0.3 is 4.74 Å². The topological polar surface area (TPSA) is 39.9 Å². The molecule has 23 heavy (non-hydrogen) atoms. The first-order chi connectivity index (χ1) is 11.2. The summed E-state index contributed by atoms with van der Waals surface area (Å²) in [7, 11) is 1.61. The van der Waals surface area contributed by atoms with E-state index in [1.165, 1.54) is 17.8 Å². The number of nitrogens with zero attached hydrogens (tertiary/aromatic N) is 3. The van der Waals surface area contributed by atoms with Crippen molar-refractivity contribution in [3.63, 3.8) is 0 Å². The number of hydrogen-bond acceptors (Lipinski definition) is 4. The summed E-state index contributed by atoms with van der Waals surface area (Å²) in [4.78, 5) is 0. The minimum Gasteiger partial charge on any atom is -0.495 e. The fourth-order valence-corrected chi connectivity index (χ4v) is 3.39. The van der Waals surface area contributed by atoms with Crippen LogP contribution in [-0.2, 0) is 5.75 Å². The Hall–Kier alpha value is -2.05. The van der Waals surface area contributed by atoms with Crippen molar-refractivity contribution in [2.24, 2.45) is 0 Å². The number of halogens is 2. The highest BCUT2D eigenvalue weighted by Crippen LogP contribution is 2.30. The van der Waals surface area contributed by atoms with E-state index in [1.807, 2.05) is 24.3 Å². The molecule has 3 rings (SSSR count). The minimum atomic E-state index is -0.326. The molecule has 0 saturated carbocycles. The zero-order valence-corrected chi connectivity index (χ0v) is 13.8. The molecule has 0 aliphatic heterocycles. The van der Waals surface area contributed by atoms with E-state index < -0.39 is 0 Å². The van der Waals surface area contributed by atoms with Crippen LogP contribution in [0.25, 0.3) is 5.69 Å². The molecule has 0 unspecified atom stereocenters. The normalized spacial score (nSPS) is 10.7. The Morgan fingerprint density at radius 1 is 1.22 bits per heavy atom. The quantitative estimate of drug-likeness (QED) is 0.642. The molecule has 0 bridgehead atoms. The van der Waals surface area contributed by atoms with Crippen molar-refractivity contribution in [3.8, 4) is 11.4 Å². The van der Waals surface area contributed by atoms with E-state index in [1.54, 1.807) is 30.1 Å². The second-order valence-corrected chi connectivity index (χ2v) is 5.99. The Bertz CT molecular complexity index is 804. The number of para-hydroxylation sites is 2. The fourth-order valence-electron chi connectivity index (χ4n) is 2.12. The number of methoxy groups -OCH3 is 1. The van der Waals surface area contributed by atoms with E-state index in [4.69, 9.17) is 16.3 Å². The van der Waals surface area contributed by atoms with E-state index in [9.17, 15) is 4.39 Å². The lowest BCUT2D eigenvalue weighted by molar-refractivity contribution is 0.412. The molecule has 0 amide bonds. The van der Waals surface area contributed by atoms with Crippen molar-refractivity contribution in [3.05, 3.63) is 65.2 Å². The zero-order chi connectivity index (χ0) is 16.2. The van der Waals surface area contributed by atoms with Crippen LogP contribution >= 0.6 is 23.4 Å². The first-order valence-electron chi connectivity index (χ1n) is 6.80. The van der Waals surface area contributed by atoms with Gasteiger partial charge in [-0.3, -0.25) is 4.57 Å². The SMILES string of the molecule is COc1ccccc1-n1cnnc1SCc1c(F)cccc1Cl. The number of aromatic nitrogens is 3. The van der Waals surface area contributed by atoms with Crippen molar-refractivity contribution < 1.29 is 9.13 Å². The summed E-state index contributed by atoms with van der Waals surface area (Å²) in [5.74, 6) is 0.741. The number of thioether (sulfide) groups is 1. The summed E-state index contributed by atoms with van der Waals surface area (Å²) in [6, 6.07) is 12.2. The smallest absolute Gasteiger partial charge is 0.196 e. The third-order valence-electron chi connectivity index (χ3n) is 3.27. The van der Waals surface area contributed by atoms with Gasteiger partial charge in [-0.15, -0.1) is 10.2 Å². The van der Waals surface area contributed by atoms with Crippen LogP contribution in [0.3, 0.4) is 0 Å². The van der Waals surface area contributed by atoms with Crippen LogP contribution in [0.5, 0.6) is 5.75 Å². The van der Waals surface area contributed by atoms with E-state index in [0.717, 1.165) is 5.69 Å². The maximum atomic E-state index is 13.9. The average molecular weight is 350 g/mol. The van der Waals surface area contributed by atoms with Gasteiger partial charge in [-0.2, -0.15) is 0 Å². The molecule has 0 radical (unpaired) electrons. The number of benzene rings is 2. The minimum absolute atomic E-state index is 0.326. The Morgan fingerprint density at radius 3 is 2.83 bits per heavy atom. The summed E-state index contributed by atoms with van der Waals surface area (Å²) in [5.41, 5.74) is 1.27. The lowest BCUT2D eigenvalue weighted by atomic mass is 10.2. The molecule has 0 atom stereocenters. The molecule has 0 saturated heterocycles. The Kier molecular flexibility index (Phi) is 4.83. The highest BCUT2D eigenvalue weighted by molar-refractivity contribution is 7.98. The molecular formula is C16H13ClFN3OS. The Morgan fingerprint density at radius 2 is 2.04 bits per heavy atom. The van der Waals surface area contributed by atoms with Gasteiger partial charge in [0.25, 0.3) is 0 Å². The molecule has 2 aromatic carbocycles. The summed E-state index contributed by atoms with van der Waals surface area (Å²) in [5, 5.41) is 9.07. The van der Waals surface area contributed by atoms with E-state index in [0.29, 0.717) is 27.2 Å². The van der Waals surface area contributed by atoms with Crippen LogP contribution < -0.4 is 4.74 Å². The predicted octanol–water partition coefficient (Wildman–Crippen LogP) is 4.36. The van der Waals surface area contributed by atoms with E-state index in [2.05, 4.69) is 10.2 Å². The van der Waals surface area contributed by atoms with Gasteiger partial charge in [-0.1, -0.05) is 41.6 Å².